The van der Waals surface area contributed by atoms with E-state index in [-0.39, 0.29) is 12.5 Å². The summed E-state index contributed by atoms with van der Waals surface area (Å²) in [4.78, 5) is 26.1. The highest BCUT2D eigenvalue weighted by atomic mass is 16.5. The molecule has 0 spiro atoms. The van der Waals surface area contributed by atoms with Crippen LogP contribution < -0.4 is 9.47 Å². The summed E-state index contributed by atoms with van der Waals surface area (Å²) in [5, 5.41) is 0. The third-order valence-electron chi connectivity index (χ3n) is 4.09. The molecule has 0 unspecified atom stereocenters. The lowest BCUT2D eigenvalue weighted by Crippen LogP contribution is -2.28. The predicted molar refractivity (Wildman–Crippen MR) is 91.0 cm³/mol. The van der Waals surface area contributed by atoms with Crippen molar-refractivity contribution in [3.05, 3.63) is 59.2 Å². The van der Waals surface area contributed by atoms with E-state index in [0.717, 1.165) is 5.56 Å². The molecule has 0 N–H and O–H groups in total. The summed E-state index contributed by atoms with van der Waals surface area (Å²) in [7, 11) is 3.09. The number of benzene rings is 2. The first-order valence-corrected chi connectivity index (χ1v) is 7.90. The molecule has 0 aliphatic carbocycles. The van der Waals surface area contributed by atoms with Gasteiger partial charge in [0.25, 0.3) is 5.91 Å². The van der Waals surface area contributed by atoms with Crippen molar-refractivity contribution in [3.8, 4) is 11.5 Å². The summed E-state index contributed by atoms with van der Waals surface area (Å²) in [5.41, 5.74) is 1.96. The lowest BCUT2D eigenvalue weighted by atomic mass is 10.1. The van der Waals surface area contributed by atoms with Crippen molar-refractivity contribution >= 4 is 11.9 Å². The zero-order chi connectivity index (χ0) is 17.8. The number of amides is 1. The van der Waals surface area contributed by atoms with Gasteiger partial charge in [0.15, 0.2) is 11.5 Å². The topological polar surface area (TPSA) is 65.1 Å². The molecule has 1 amide bonds. The molecule has 2 aromatic carbocycles. The van der Waals surface area contributed by atoms with Crippen molar-refractivity contribution in [1.29, 1.82) is 0 Å². The van der Waals surface area contributed by atoms with E-state index in [4.69, 9.17) is 14.2 Å². The van der Waals surface area contributed by atoms with Crippen LogP contribution in [-0.4, -0.2) is 44.1 Å². The molecule has 130 valence electrons. The zero-order valence-electron chi connectivity index (χ0n) is 14.2. The van der Waals surface area contributed by atoms with E-state index in [1.54, 1.807) is 42.3 Å². The highest BCUT2D eigenvalue weighted by Crippen LogP contribution is 2.34. The van der Waals surface area contributed by atoms with Crippen molar-refractivity contribution in [2.45, 2.75) is 6.54 Å². The van der Waals surface area contributed by atoms with Gasteiger partial charge in [-0.2, -0.15) is 0 Å². The van der Waals surface area contributed by atoms with Crippen LogP contribution in [0.3, 0.4) is 0 Å². The summed E-state index contributed by atoms with van der Waals surface area (Å²) in [6.07, 6.45) is 0. The first-order chi connectivity index (χ1) is 12.1. The summed E-state index contributed by atoms with van der Waals surface area (Å²) in [6, 6.07) is 12.3. The van der Waals surface area contributed by atoms with E-state index in [2.05, 4.69) is 0 Å². The maximum Gasteiger partial charge on any atom is 0.338 e. The number of nitrogens with zero attached hydrogens (tertiary/aromatic N) is 1. The fourth-order valence-electron chi connectivity index (χ4n) is 2.79. The standard InChI is InChI=1S/C19H19NO5/c1-23-16-10-14-12-20(18(21)15(14)11-17(16)24-2)8-9-25-19(22)13-6-4-3-5-7-13/h3-7,10-11H,8-9,12H2,1-2H3. The third kappa shape index (κ3) is 3.42. The van der Waals surface area contributed by atoms with Crippen LogP contribution in [0.15, 0.2) is 42.5 Å². The molecule has 0 atom stereocenters. The van der Waals surface area contributed by atoms with Gasteiger partial charge in [-0.3, -0.25) is 4.79 Å². The summed E-state index contributed by atoms with van der Waals surface area (Å²) >= 11 is 0. The predicted octanol–water partition coefficient (Wildman–Crippen LogP) is 2.52. The number of hydrogen-bond acceptors (Lipinski definition) is 5. The molecule has 3 rings (SSSR count). The number of esters is 1. The second-order valence-corrected chi connectivity index (χ2v) is 5.59. The SMILES string of the molecule is COc1cc2c(cc1OC)C(=O)N(CCOC(=O)c1ccccc1)C2. The average molecular weight is 341 g/mol. The van der Waals surface area contributed by atoms with E-state index in [0.29, 0.717) is 35.7 Å². The quantitative estimate of drug-likeness (QED) is 0.756. The van der Waals surface area contributed by atoms with Crippen LogP contribution in [0.4, 0.5) is 0 Å². The Bertz CT molecular complexity index is 788. The van der Waals surface area contributed by atoms with Crippen molar-refractivity contribution in [2.75, 3.05) is 27.4 Å². The fourth-order valence-corrected chi connectivity index (χ4v) is 2.79. The number of fused-ring (bicyclic) bond motifs is 1. The van der Waals surface area contributed by atoms with Gasteiger partial charge in [-0.1, -0.05) is 18.2 Å². The van der Waals surface area contributed by atoms with Gasteiger partial charge in [0.1, 0.15) is 6.61 Å². The van der Waals surface area contributed by atoms with E-state index in [1.165, 1.54) is 7.11 Å². The highest BCUT2D eigenvalue weighted by Gasteiger charge is 2.29. The molecule has 1 heterocycles. The maximum atomic E-state index is 12.5. The Morgan fingerprint density at radius 1 is 1.08 bits per heavy atom. The molecule has 0 saturated heterocycles. The normalized spacial score (nSPS) is 12.7. The molecule has 2 aromatic rings. The van der Waals surface area contributed by atoms with Crippen LogP contribution in [0.1, 0.15) is 26.3 Å². The second kappa shape index (κ2) is 7.25. The molecular weight excluding hydrogens is 322 g/mol. The van der Waals surface area contributed by atoms with Crippen molar-refractivity contribution in [3.63, 3.8) is 0 Å². The van der Waals surface area contributed by atoms with Crippen molar-refractivity contribution < 1.29 is 23.8 Å². The summed E-state index contributed by atoms with van der Waals surface area (Å²) < 4.78 is 15.8. The van der Waals surface area contributed by atoms with Crippen molar-refractivity contribution in [2.24, 2.45) is 0 Å². The van der Waals surface area contributed by atoms with Gasteiger partial charge >= 0.3 is 5.97 Å². The Hall–Kier alpha value is -3.02. The first-order valence-electron chi connectivity index (χ1n) is 7.90. The Morgan fingerprint density at radius 2 is 1.76 bits per heavy atom. The van der Waals surface area contributed by atoms with E-state index < -0.39 is 5.97 Å². The fraction of sp³-hybridized carbons (Fsp3) is 0.263. The molecule has 0 fully saturated rings. The molecule has 25 heavy (non-hydrogen) atoms. The smallest absolute Gasteiger partial charge is 0.338 e. The molecule has 1 aliphatic heterocycles. The van der Waals surface area contributed by atoms with Crippen LogP contribution in [0, 0.1) is 0 Å². The molecular formula is C19H19NO5. The van der Waals surface area contributed by atoms with Crippen LogP contribution in [-0.2, 0) is 11.3 Å². The van der Waals surface area contributed by atoms with Gasteiger partial charge in [-0.05, 0) is 29.8 Å². The molecule has 6 nitrogen and oxygen atoms in total. The lowest BCUT2D eigenvalue weighted by molar-refractivity contribution is 0.0440. The van der Waals surface area contributed by atoms with Gasteiger partial charge in [0.2, 0.25) is 0 Å². The number of carbonyl (C=O) groups excluding carboxylic acids is 2. The van der Waals surface area contributed by atoms with E-state index in [9.17, 15) is 9.59 Å². The third-order valence-corrected chi connectivity index (χ3v) is 4.09. The minimum atomic E-state index is -0.395. The molecule has 0 bridgehead atoms. The van der Waals surface area contributed by atoms with Crippen LogP contribution in [0.2, 0.25) is 0 Å². The van der Waals surface area contributed by atoms with Crippen LogP contribution in [0.25, 0.3) is 0 Å². The number of hydrogen-bond donors (Lipinski definition) is 0. The summed E-state index contributed by atoms with van der Waals surface area (Å²) in [5.74, 6) is 0.609. The Morgan fingerprint density at radius 3 is 2.44 bits per heavy atom. The molecule has 0 saturated carbocycles. The Balaban J connectivity index is 1.61. The second-order valence-electron chi connectivity index (χ2n) is 5.59. The van der Waals surface area contributed by atoms with Crippen molar-refractivity contribution in [1.82, 2.24) is 4.90 Å². The number of carbonyl (C=O) groups is 2. The largest absolute Gasteiger partial charge is 0.493 e. The Labute approximate surface area is 145 Å². The molecule has 0 aromatic heterocycles. The van der Waals surface area contributed by atoms with Crippen LogP contribution >= 0.6 is 0 Å². The lowest BCUT2D eigenvalue weighted by Gasteiger charge is -2.15. The summed E-state index contributed by atoms with van der Waals surface area (Å²) in [6.45, 7) is 0.926. The van der Waals surface area contributed by atoms with E-state index in [1.807, 2.05) is 12.1 Å². The van der Waals surface area contributed by atoms with Gasteiger partial charge in [-0.25, -0.2) is 4.79 Å². The van der Waals surface area contributed by atoms with Gasteiger partial charge < -0.3 is 19.1 Å². The minimum Gasteiger partial charge on any atom is -0.493 e. The number of rotatable bonds is 6. The van der Waals surface area contributed by atoms with E-state index >= 15 is 0 Å². The maximum absolute atomic E-state index is 12.5. The van der Waals surface area contributed by atoms with Gasteiger partial charge in [-0.15, -0.1) is 0 Å². The monoisotopic (exact) mass is 341 g/mol. The number of ether oxygens (including phenoxy) is 3. The van der Waals surface area contributed by atoms with Gasteiger partial charge in [0.05, 0.1) is 26.3 Å². The average Bonchev–Trinajstić information content (AvgIpc) is 2.96. The molecule has 6 heteroatoms. The number of methoxy groups -OCH3 is 2. The van der Waals surface area contributed by atoms with Crippen LogP contribution in [0.5, 0.6) is 11.5 Å². The zero-order valence-corrected chi connectivity index (χ0v) is 14.2. The molecule has 1 aliphatic rings. The first kappa shape index (κ1) is 16.8. The van der Waals surface area contributed by atoms with Gasteiger partial charge in [0, 0.05) is 12.1 Å². The highest BCUT2D eigenvalue weighted by molar-refractivity contribution is 5.99. The molecule has 0 radical (unpaired) electrons. The minimum absolute atomic E-state index is 0.105. The Kier molecular flexibility index (Phi) is 4.88.